The molecule has 4 heteroatoms. The van der Waals surface area contributed by atoms with Gasteiger partial charge in [0.2, 0.25) is 0 Å². The molecule has 1 aliphatic rings. The first-order valence-corrected chi connectivity index (χ1v) is 5.88. The zero-order valence-electron chi connectivity index (χ0n) is 9.33. The van der Waals surface area contributed by atoms with Gasteiger partial charge in [-0.25, -0.2) is 0 Å². The van der Waals surface area contributed by atoms with Gasteiger partial charge in [-0.15, -0.1) is 0 Å². The van der Waals surface area contributed by atoms with Gasteiger partial charge in [0, 0.05) is 12.5 Å². The Hall–Kier alpha value is -0.930. The zero-order chi connectivity index (χ0) is 11.5. The van der Waals surface area contributed by atoms with E-state index in [2.05, 4.69) is 0 Å². The standard InChI is InChI=1S/C12H16ClNO2/c1-8(14)5-9-6-10(13)12-11(7-9)15-3-2-4-16-12/h6-8H,2-5,14H2,1H3. The van der Waals surface area contributed by atoms with E-state index in [1.165, 1.54) is 0 Å². The highest BCUT2D eigenvalue weighted by molar-refractivity contribution is 6.32. The maximum atomic E-state index is 6.16. The maximum absolute atomic E-state index is 6.16. The van der Waals surface area contributed by atoms with Crippen LogP contribution in [0.1, 0.15) is 18.9 Å². The van der Waals surface area contributed by atoms with E-state index in [0.717, 1.165) is 24.2 Å². The number of ether oxygens (including phenoxy) is 2. The van der Waals surface area contributed by atoms with Gasteiger partial charge in [-0.05, 0) is 31.0 Å². The van der Waals surface area contributed by atoms with Crippen LogP contribution in [0.4, 0.5) is 0 Å². The van der Waals surface area contributed by atoms with Gasteiger partial charge in [0.05, 0.1) is 18.2 Å². The largest absolute Gasteiger partial charge is 0.489 e. The molecular formula is C12H16ClNO2. The van der Waals surface area contributed by atoms with Gasteiger partial charge in [0.15, 0.2) is 11.5 Å². The molecule has 0 spiro atoms. The number of hydrogen-bond acceptors (Lipinski definition) is 3. The molecule has 1 aromatic carbocycles. The summed E-state index contributed by atoms with van der Waals surface area (Å²) in [5.74, 6) is 1.40. The second-order valence-corrected chi connectivity index (χ2v) is 4.54. The summed E-state index contributed by atoms with van der Waals surface area (Å²) in [6, 6.07) is 3.98. The van der Waals surface area contributed by atoms with Crippen LogP contribution in [0.15, 0.2) is 12.1 Å². The molecule has 0 aliphatic carbocycles. The Morgan fingerprint density at radius 1 is 1.38 bits per heavy atom. The number of rotatable bonds is 2. The van der Waals surface area contributed by atoms with Crippen molar-refractivity contribution >= 4 is 11.6 Å². The van der Waals surface area contributed by atoms with Gasteiger partial charge in [-0.2, -0.15) is 0 Å². The smallest absolute Gasteiger partial charge is 0.179 e. The van der Waals surface area contributed by atoms with Crippen molar-refractivity contribution in [2.45, 2.75) is 25.8 Å². The molecule has 0 amide bonds. The highest BCUT2D eigenvalue weighted by Crippen LogP contribution is 2.38. The summed E-state index contributed by atoms with van der Waals surface area (Å²) < 4.78 is 11.2. The molecule has 16 heavy (non-hydrogen) atoms. The minimum Gasteiger partial charge on any atom is -0.489 e. The Bertz CT molecular complexity index is 380. The van der Waals surface area contributed by atoms with E-state index in [0.29, 0.717) is 24.0 Å². The number of benzene rings is 1. The third-order valence-corrected chi connectivity index (χ3v) is 2.70. The van der Waals surface area contributed by atoms with Crippen LogP contribution in [0.25, 0.3) is 0 Å². The van der Waals surface area contributed by atoms with Gasteiger partial charge in [0.1, 0.15) is 0 Å². The fraction of sp³-hybridized carbons (Fsp3) is 0.500. The quantitative estimate of drug-likeness (QED) is 0.865. The number of fused-ring (bicyclic) bond motifs is 1. The third kappa shape index (κ3) is 2.60. The molecule has 0 aromatic heterocycles. The molecular weight excluding hydrogens is 226 g/mol. The minimum atomic E-state index is 0.112. The molecule has 2 N–H and O–H groups in total. The SMILES string of the molecule is CC(N)Cc1cc(Cl)c2c(c1)OCCCO2. The Balaban J connectivity index is 2.32. The highest BCUT2D eigenvalue weighted by Gasteiger charge is 2.15. The van der Waals surface area contributed by atoms with Crippen LogP contribution in [-0.2, 0) is 6.42 Å². The first kappa shape index (κ1) is 11.6. The topological polar surface area (TPSA) is 44.5 Å². The highest BCUT2D eigenvalue weighted by atomic mass is 35.5. The Morgan fingerprint density at radius 2 is 2.12 bits per heavy atom. The van der Waals surface area contributed by atoms with Crippen LogP contribution in [0.2, 0.25) is 5.02 Å². The minimum absolute atomic E-state index is 0.112. The lowest BCUT2D eigenvalue weighted by atomic mass is 10.1. The predicted molar refractivity (Wildman–Crippen MR) is 64.4 cm³/mol. The van der Waals surface area contributed by atoms with Crippen molar-refractivity contribution in [2.24, 2.45) is 5.73 Å². The number of nitrogens with two attached hydrogens (primary N) is 1. The first-order valence-electron chi connectivity index (χ1n) is 5.50. The van der Waals surface area contributed by atoms with Crippen LogP contribution < -0.4 is 15.2 Å². The maximum Gasteiger partial charge on any atom is 0.179 e. The summed E-state index contributed by atoms with van der Waals surface area (Å²) in [7, 11) is 0. The molecule has 3 nitrogen and oxygen atoms in total. The van der Waals surface area contributed by atoms with Crippen molar-refractivity contribution in [3.63, 3.8) is 0 Å². The Kier molecular flexibility index (Phi) is 3.56. The van der Waals surface area contributed by atoms with Crippen LogP contribution in [0.3, 0.4) is 0 Å². The van der Waals surface area contributed by atoms with Crippen LogP contribution >= 0.6 is 11.6 Å². The second-order valence-electron chi connectivity index (χ2n) is 4.14. The summed E-state index contributed by atoms with van der Waals surface area (Å²) in [5, 5.41) is 0.607. The fourth-order valence-corrected chi connectivity index (χ4v) is 2.06. The van der Waals surface area contributed by atoms with E-state index in [1.807, 2.05) is 19.1 Å². The van der Waals surface area contributed by atoms with Gasteiger partial charge in [0.25, 0.3) is 0 Å². The van der Waals surface area contributed by atoms with Crippen LogP contribution in [0.5, 0.6) is 11.5 Å². The summed E-state index contributed by atoms with van der Waals surface area (Å²) in [6.45, 7) is 3.29. The molecule has 1 heterocycles. The van der Waals surface area contributed by atoms with Crippen molar-refractivity contribution in [2.75, 3.05) is 13.2 Å². The summed E-state index contributed by atoms with van der Waals surface area (Å²) in [6.07, 6.45) is 1.67. The molecule has 2 rings (SSSR count). The van der Waals surface area contributed by atoms with E-state index < -0.39 is 0 Å². The molecule has 88 valence electrons. The van der Waals surface area contributed by atoms with Gasteiger partial charge < -0.3 is 15.2 Å². The normalized spacial score (nSPS) is 16.7. The lowest BCUT2D eigenvalue weighted by Crippen LogP contribution is -2.17. The summed E-state index contributed by atoms with van der Waals surface area (Å²) >= 11 is 6.16. The molecule has 1 aromatic rings. The third-order valence-electron chi connectivity index (χ3n) is 2.42. The van der Waals surface area contributed by atoms with Crippen LogP contribution in [0, 0.1) is 0 Å². The van der Waals surface area contributed by atoms with Crippen molar-refractivity contribution in [3.8, 4) is 11.5 Å². The summed E-state index contributed by atoms with van der Waals surface area (Å²) in [4.78, 5) is 0. The van der Waals surface area contributed by atoms with Crippen molar-refractivity contribution in [3.05, 3.63) is 22.7 Å². The Labute approximate surface area is 100 Å². The van der Waals surface area contributed by atoms with E-state index in [1.54, 1.807) is 0 Å². The molecule has 1 unspecified atom stereocenters. The van der Waals surface area contributed by atoms with Gasteiger partial charge in [-0.3, -0.25) is 0 Å². The molecule has 0 saturated heterocycles. The zero-order valence-corrected chi connectivity index (χ0v) is 10.1. The van der Waals surface area contributed by atoms with Gasteiger partial charge in [-0.1, -0.05) is 11.6 Å². The number of halogens is 1. The molecule has 0 saturated carbocycles. The molecule has 0 bridgehead atoms. The van der Waals surface area contributed by atoms with E-state index in [-0.39, 0.29) is 6.04 Å². The van der Waals surface area contributed by atoms with E-state index in [9.17, 15) is 0 Å². The predicted octanol–water partition coefficient (Wildman–Crippen LogP) is 2.39. The number of hydrogen-bond donors (Lipinski definition) is 1. The fourth-order valence-electron chi connectivity index (χ4n) is 1.77. The average Bonchev–Trinajstić information content (AvgIpc) is 2.41. The lowest BCUT2D eigenvalue weighted by molar-refractivity contribution is 0.297. The summed E-state index contributed by atoms with van der Waals surface area (Å²) in [5.41, 5.74) is 6.85. The lowest BCUT2D eigenvalue weighted by Gasteiger charge is -2.12. The molecule has 1 aliphatic heterocycles. The van der Waals surface area contributed by atoms with Crippen molar-refractivity contribution in [1.29, 1.82) is 0 Å². The van der Waals surface area contributed by atoms with Crippen LogP contribution in [-0.4, -0.2) is 19.3 Å². The molecule has 0 radical (unpaired) electrons. The van der Waals surface area contributed by atoms with E-state index >= 15 is 0 Å². The van der Waals surface area contributed by atoms with E-state index in [4.69, 9.17) is 26.8 Å². The monoisotopic (exact) mass is 241 g/mol. The second kappa shape index (κ2) is 4.93. The first-order chi connectivity index (χ1) is 7.66. The van der Waals surface area contributed by atoms with Crippen molar-refractivity contribution in [1.82, 2.24) is 0 Å². The Morgan fingerprint density at radius 3 is 2.88 bits per heavy atom. The van der Waals surface area contributed by atoms with Crippen molar-refractivity contribution < 1.29 is 9.47 Å². The molecule has 0 fully saturated rings. The molecule has 1 atom stereocenters. The van der Waals surface area contributed by atoms with Gasteiger partial charge >= 0.3 is 0 Å². The average molecular weight is 242 g/mol.